The molecule has 0 bridgehead atoms. The lowest BCUT2D eigenvalue weighted by molar-refractivity contribution is 0.311. The van der Waals surface area contributed by atoms with E-state index in [9.17, 15) is 4.89 Å². The normalized spacial score (nSPS) is 12.3. The van der Waals surface area contributed by atoms with E-state index in [0.29, 0.717) is 6.61 Å². The lowest BCUT2D eigenvalue weighted by Gasteiger charge is -2.10. The molecule has 0 amide bonds. The second kappa shape index (κ2) is 7.55. The van der Waals surface area contributed by atoms with Crippen LogP contribution in [0.1, 0.15) is 11.1 Å². The molecule has 0 saturated heterocycles. The largest absolute Gasteiger partial charge is 0.342 e. The second-order valence-corrected chi connectivity index (χ2v) is 6.75. The molecule has 0 aromatic heterocycles. The molecule has 0 aliphatic heterocycles. The molecule has 0 heterocycles. The summed E-state index contributed by atoms with van der Waals surface area (Å²) in [6.07, 6.45) is 0. The zero-order valence-corrected chi connectivity index (χ0v) is 11.6. The van der Waals surface area contributed by atoms with E-state index < -0.39 is 7.58 Å². The zero-order valence-electron chi connectivity index (χ0n) is 9.90. The van der Waals surface area contributed by atoms with Gasteiger partial charge in [0.2, 0.25) is 7.58 Å². The fraction of sp³-hybridized carbons (Fsp3) is 0.143. The van der Waals surface area contributed by atoms with Gasteiger partial charge in [-0.15, -0.1) is 0 Å². The van der Waals surface area contributed by atoms with E-state index in [0.717, 1.165) is 11.3 Å². The van der Waals surface area contributed by atoms with Crippen molar-refractivity contribution in [3.8, 4) is 0 Å². The third-order valence-corrected chi connectivity index (χ3v) is 4.77. The molecule has 0 aliphatic rings. The molecule has 18 heavy (non-hydrogen) atoms. The summed E-state index contributed by atoms with van der Waals surface area (Å²) in [5.74, 6) is 0.776. The number of hydrogen-bond acceptors (Lipinski definition) is 3. The Balaban J connectivity index is 1.71. The maximum Gasteiger partial charge on any atom is 0.235 e. The van der Waals surface area contributed by atoms with Crippen molar-refractivity contribution in [2.75, 3.05) is 0 Å². The highest BCUT2D eigenvalue weighted by Gasteiger charge is 2.06. The smallest absolute Gasteiger partial charge is 0.235 e. The van der Waals surface area contributed by atoms with Gasteiger partial charge in [-0.1, -0.05) is 72.0 Å². The van der Waals surface area contributed by atoms with Crippen LogP contribution in [-0.2, 0) is 16.9 Å². The monoisotopic (exact) mass is 278 g/mol. The van der Waals surface area contributed by atoms with Crippen LogP contribution in [0.4, 0.5) is 0 Å². The first-order valence-corrected chi connectivity index (χ1v) is 8.47. The van der Waals surface area contributed by atoms with Crippen LogP contribution in [-0.4, -0.2) is 4.89 Å². The Morgan fingerprint density at radius 3 is 2.06 bits per heavy atom. The molecule has 0 aliphatic carbocycles. The van der Waals surface area contributed by atoms with Gasteiger partial charge in [0, 0.05) is 5.75 Å². The Labute approximate surface area is 113 Å². The number of rotatable bonds is 6. The van der Waals surface area contributed by atoms with Gasteiger partial charge in [0.15, 0.2) is 0 Å². The molecule has 2 nitrogen and oxygen atoms in total. The minimum atomic E-state index is -1.41. The van der Waals surface area contributed by atoms with Crippen LogP contribution in [0.2, 0.25) is 0 Å². The molecule has 4 heteroatoms. The highest BCUT2D eigenvalue weighted by molar-refractivity contribution is 8.52. The fourth-order valence-electron chi connectivity index (χ4n) is 1.45. The first kappa shape index (κ1) is 13.6. The maximum absolute atomic E-state index is 9.78. The summed E-state index contributed by atoms with van der Waals surface area (Å²) < 4.78 is 5.43. The van der Waals surface area contributed by atoms with Crippen molar-refractivity contribution in [3.05, 3.63) is 71.8 Å². The summed E-state index contributed by atoms with van der Waals surface area (Å²) in [4.78, 5) is 9.78. The molecule has 0 radical (unpaired) electrons. The van der Waals surface area contributed by atoms with Gasteiger partial charge in [-0.05, 0) is 11.1 Å². The predicted octanol–water partition coefficient (Wildman–Crippen LogP) is 4.36. The summed E-state index contributed by atoms with van der Waals surface area (Å²) in [7, 11) is -1.41. The molecule has 0 saturated carbocycles. The quantitative estimate of drug-likeness (QED) is 0.796. The highest BCUT2D eigenvalue weighted by atomic mass is 32.7. The van der Waals surface area contributed by atoms with E-state index in [2.05, 4.69) is 0 Å². The van der Waals surface area contributed by atoms with E-state index in [4.69, 9.17) is 4.52 Å². The topological polar surface area (TPSA) is 29.5 Å². The first-order chi connectivity index (χ1) is 8.84. The molecule has 0 spiro atoms. The third kappa shape index (κ3) is 4.79. The SMILES string of the molecule is OP(OCc1ccccc1)SCc1ccccc1. The molecule has 2 aromatic rings. The Bertz CT molecular complexity index is 406. The van der Waals surface area contributed by atoms with E-state index in [-0.39, 0.29) is 0 Å². The van der Waals surface area contributed by atoms with Gasteiger partial charge < -0.3 is 9.42 Å². The number of hydrogen-bond donors (Lipinski definition) is 1. The van der Waals surface area contributed by atoms with Crippen molar-refractivity contribution >= 4 is 19.0 Å². The highest BCUT2D eigenvalue weighted by Crippen LogP contribution is 2.48. The van der Waals surface area contributed by atoms with Gasteiger partial charge in [0.1, 0.15) is 0 Å². The van der Waals surface area contributed by atoms with Crippen molar-refractivity contribution in [3.63, 3.8) is 0 Å². The van der Waals surface area contributed by atoms with Crippen molar-refractivity contribution in [2.24, 2.45) is 0 Å². The van der Waals surface area contributed by atoms with E-state index in [1.165, 1.54) is 16.9 Å². The summed E-state index contributed by atoms with van der Waals surface area (Å²) >= 11 is 1.45. The second-order valence-electron chi connectivity index (χ2n) is 3.76. The Hall–Kier alpha value is -0.860. The van der Waals surface area contributed by atoms with Gasteiger partial charge in [-0.25, -0.2) is 0 Å². The van der Waals surface area contributed by atoms with Crippen molar-refractivity contribution in [1.29, 1.82) is 0 Å². The molecule has 1 unspecified atom stereocenters. The van der Waals surface area contributed by atoms with Crippen LogP contribution in [0, 0.1) is 0 Å². The Kier molecular flexibility index (Phi) is 5.69. The van der Waals surface area contributed by atoms with Crippen molar-refractivity contribution in [1.82, 2.24) is 0 Å². The van der Waals surface area contributed by atoms with E-state index in [1.54, 1.807) is 0 Å². The summed E-state index contributed by atoms with van der Waals surface area (Å²) in [6, 6.07) is 20.0. The molecule has 1 N–H and O–H groups in total. The predicted molar refractivity (Wildman–Crippen MR) is 78.1 cm³/mol. The van der Waals surface area contributed by atoms with Gasteiger partial charge in [0.25, 0.3) is 0 Å². The number of benzene rings is 2. The van der Waals surface area contributed by atoms with Crippen molar-refractivity contribution in [2.45, 2.75) is 12.4 Å². The third-order valence-electron chi connectivity index (χ3n) is 2.37. The fourth-order valence-corrected chi connectivity index (χ4v) is 3.39. The molecule has 0 fully saturated rings. The van der Waals surface area contributed by atoms with E-state index >= 15 is 0 Å². The molecule has 2 aromatic carbocycles. The van der Waals surface area contributed by atoms with Gasteiger partial charge in [-0.2, -0.15) is 0 Å². The zero-order chi connectivity index (χ0) is 12.6. The summed E-state index contributed by atoms with van der Waals surface area (Å²) in [5.41, 5.74) is 2.28. The van der Waals surface area contributed by atoms with Crippen molar-refractivity contribution < 1.29 is 9.42 Å². The van der Waals surface area contributed by atoms with Crippen LogP contribution >= 0.6 is 19.0 Å². The Morgan fingerprint density at radius 2 is 1.44 bits per heavy atom. The van der Waals surface area contributed by atoms with E-state index in [1.807, 2.05) is 60.7 Å². The standard InChI is InChI=1S/C14H15O2PS/c15-17(16-11-13-7-3-1-4-8-13)18-12-14-9-5-2-6-10-14/h1-10,15H,11-12H2. The molecular weight excluding hydrogens is 263 g/mol. The lowest BCUT2D eigenvalue weighted by Crippen LogP contribution is -1.86. The van der Waals surface area contributed by atoms with Crippen LogP contribution in [0.3, 0.4) is 0 Å². The van der Waals surface area contributed by atoms with Crippen LogP contribution < -0.4 is 0 Å². The van der Waals surface area contributed by atoms with Gasteiger partial charge in [0.05, 0.1) is 6.61 Å². The van der Waals surface area contributed by atoms with Crippen LogP contribution in [0.25, 0.3) is 0 Å². The molecule has 2 rings (SSSR count). The Morgan fingerprint density at radius 1 is 0.889 bits per heavy atom. The van der Waals surface area contributed by atoms with Gasteiger partial charge in [-0.3, -0.25) is 0 Å². The molecular formula is C14H15O2PS. The lowest BCUT2D eigenvalue weighted by atomic mass is 10.2. The molecule has 1 atom stereocenters. The first-order valence-electron chi connectivity index (χ1n) is 5.67. The van der Waals surface area contributed by atoms with Crippen LogP contribution in [0.5, 0.6) is 0 Å². The minimum Gasteiger partial charge on any atom is -0.342 e. The minimum absolute atomic E-state index is 0.463. The maximum atomic E-state index is 9.78. The van der Waals surface area contributed by atoms with Gasteiger partial charge >= 0.3 is 0 Å². The molecule has 94 valence electrons. The van der Waals surface area contributed by atoms with Crippen LogP contribution in [0.15, 0.2) is 60.7 Å². The summed E-state index contributed by atoms with van der Waals surface area (Å²) in [6.45, 7) is 0.463. The average Bonchev–Trinajstić information content (AvgIpc) is 2.45. The average molecular weight is 278 g/mol. The summed E-state index contributed by atoms with van der Waals surface area (Å²) in [5, 5.41) is 0.